The summed E-state index contributed by atoms with van der Waals surface area (Å²) in [7, 11) is 0. The van der Waals surface area contributed by atoms with Crippen molar-refractivity contribution in [3.63, 3.8) is 0 Å². The third kappa shape index (κ3) is 2.47. The van der Waals surface area contributed by atoms with Crippen LogP contribution in [-0.2, 0) is 12.3 Å². The van der Waals surface area contributed by atoms with Crippen molar-refractivity contribution in [3.05, 3.63) is 47.0 Å². The lowest BCUT2D eigenvalue weighted by atomic mass is 10.1. The topological polar surface area (TPSA) is 30.7 Å². The van der Waals surface area contributed by atoms with Gasteiger partial charge in [-0.3, -0.25) is 0 Å². The summed E-state index contributed by atoms with van der Waals surface area (Å²) in [5, 5.41) is 8.10. The minimum Gasteiger partial charge on any atom is -0.311 e. The second-order valence-electron chi connectivity index (χ2n) is 4.68. The first-order valence-electron chi connectivity index (χ1n) is 6.11. The number of nitrogens with zero attached hydrogens (tertiary/aromatic N) is 3. The molecular weight excluding hydrogens is 272 g/mol. The molecular formula is C13H12ClF2N3. The van der Waals surface area contributed by atoms with E-state index in [9.17, 15) is 8.78 Å². The maximum atomic E-state index is 13.6. The molecule has 3 rings (SSSR count). The number of hydrogen-bond donors (Lipinski definition) is 0. The highest BCUT2D eigenvalue weighted by Crippen LogP contribution is 2.37. The highest BCUT2D eigenvalue weighted by molar-refractivity contribution is 6.16. The zero-order valence-corrected chi connectivity index (χ0v) is 10.9. The van der Waals surface area contributed by atoms with Crippen LogP contribution < -0.4 is 0 Å². The molecule has 6 heteroatoms. The molecule has 0 aliphatic heterocycles. The molecule has 1 heterocycles. The lowest BCUT2D eigenvalue weighted by Gasteiger charge is -2.08. The molecule has 1 aliphatic rings. The Kier molecular flexibility index (Phi) is 3.22. The first-order valence-corrected chi connectivity index (χ1v) is 6.65. The van der Waals surface area contributed by atoms with Crippen LogP contribution in [0.5, 0.6) is 0 Å². The smallest absolute Gasteiger partial charge is 0.148 e. The van der Waals surface area contributed by atoms with Crippen molar-refractivity contribution < 1.29 is 8.78 Å². The van der Waals surface area contributed by atoms with Gasteiger partial charge in [-0.2, -0.15) is 0 Å². The summed E-state index contributed by atoms with van der Waals surface area (Å²) in [6, 6.07) is 3.95. The molecule has 0 unspecified atom stereocenters. The fourth-order valence-electron chi connectivity index (χ4n) is 2.16. The van der Waals surface area contributed by atoms with Crippen molar-refractivity contribution in [1.29, 1.82) is 0 Å². The van der Waals surface area contributed by atoms with Crippen LogP contribution in [0.15, 0.2) is 18.2 Å². The van der Waals surface area contributed by atoms with Gasteiger partial charge in [0.25, 0.3) is 0 Å². The first-order chi connectivity index (χ1) is 9.19. The number of halogens is 3. The summed E-state index contributed by atoms with van der Waals surface area (Å²) >= 11 is 5.83. The van der Waals surface area contributed by atoms with Gasteiger partial charge in [0.1, 0.15) is 23.3 Å². The quantitative estimate of drug-likeness (QED) is 0.807. The van der Waals surface area contributed by atoms with E-state index in [1.807, 2.05) is 4.57 Å². The molecule has 0 bridgehead atoms. The molecule has 100 valence electrons. The third-order valence-electron chi connectivity index (χ3n) is 3.23. The standard InChI is InChI=1S/C13H12ClF2N3/c14-7-13-18-17-12(19(13)10-3-4-10)5-8-1-2-9(15)6-11(8)16/h1-2,6,10H,3-5,7H2. The minimum absolute atomic E-state index is 0.287. The maximum Gasteiger partial charge on any atom is 0.148 e. The number of hydrogen-bond acceptors (Lipinski definition) is 2. The van der Waals surface area contributed by atoms with Crippen LogP contribution in [0.4, 0.5) is 8.78 Å². The van der Waals surface area contributed by atoms with Gasteiger partial charge >= 0.3 is 0 Å². The van der Waals surface area contributed by atoms with Crippen molar-refractivity contribution in [2.24, 2.45) is 0 Å². The Labute approximate surface area is 114 Å². The van der Waals surface area contributed by atoms with E-state index in [1.165, 1.54) is 12.1 Å². The molecule has 2 aromatic rings. The Balaban J connectivity index is 1.92. The summed E-state index contributed by atoms with van der Waals surface area (Å²) in [4.78, 5) is 0. The van der Waals surface area contributed by atoms with E-state index >= 15 is 0 Å². The summed E-state index contributed by atoms with van der Waals surface area (Å²) in [5.74, 6) is 0.546. The largest absolute Gasteiger partial charge is 0.311 e. The van der Waals surface area contributed by atoms with Gasteiger partial charge in [0.2, 0.25) is 0 Å². The van der Waals surface area contributed by atoms with E-state index in [1.54, 1.807) is 0 Å². The van der Waals surface area contributed by atoms with Gasteiger partial charge in [-0.05, 0) is 24.5 Å². The molecule has 1 aliphatic carbocycles. The monoisotopic (exact) mass is 283 g/mol. The van der Waals surface area contributed by atoms with Crippen molar-refractivity contribution in [2.45, 2.75) is 31.2 Å². The van der Waals surface area contributed by atoms with E-state index in [-0.39, 0.29) is 5.88 Å². The summed E-state index contributed by atoms with van der Waals surface area (Å²) < 4.78 is 28.5. The number of alkyl halides is 1. The van der Waals surface area contributed by atoms with Crippen LogP contribution in [0.2, 0.25) is 0 Å². The Hall–Kier alpha value is -1.49. The fourth-order valence-corrected chi connectivity index (χ4v) is 2.34. The van der Waals surface area contributed by atoms with Gasteiger partial charge in [0.15, 0.2) is 0 Å². The fraction of sp³-hybridized carbons (Fsp3) is 0.385. The molecule has 1 aromatic heterocycles. The summed E-state index contributed by atoms with van der Waals surface area (Å²) in [6.07, 6.45) is 2.44. The molecule has 0 saturated heterocycles. The molecule has 0 amide bonds. The SMILES string of the molecule is Fc1ccc(Cc2nnc(CCl)n2C2CC2)c(F)c1. The second kappa shape index (κ2) is 4.89. The number of benzene rings is 1. The molecule has 1 aromatic carbocycles. The van der Waals surface area contributed by atoms with Crippen molar-refractivity contribution in [2.75, 3.05) is 0 Å². The van der Waals surface area contributed by atoms with Crippen LogP contribution in [-0.4, -0.2) is 14.8 Å². The molecule has 0 atom stereocenters. The highest BCUT2D eigenvalue weighted by Gasteiger charge is 2.29. The Morgan fingerprint density at radius 1 is 1.21 bits per heavy atom. The van der Waals surface area contributed by atoms with E-state index in [2.05, 4.69) is 10.2 Å². The Morgan fingerprint density at radius 2 is 1.95 bits per heavy atom. The molecule has 3 nitrogen and oxygen atoms in total. The molecule has 19 heavy (non-hydrogen) atoms. The van der Waals surface area contributed by atoms with Crippen molar-refractivity contribution in [3.8, 4) is 0 Å². The lowest BCUT2D eigenvalue weighted by Crippen LogP contribution is -2.06. The van der Waals surface area contributed by atoms with Gasteiger partial charge in [0, 0.05) is 18.5 Å². The van der Waals surface area contributed by atoms with E-state index in [0.29, 0.717) is 29.7 Å². The Morgan fingerprint density at radius 3 is 2.58 bits per heavy atom. The van der Waals surface area contributed by atoms with Gasteiger partial charge in [0.05, 0.1) is 5.88 Å². The average Bonchev–Trinajstić information content (AvgIpc) is 3.14. The molecule has 0 radical (unpaired) electrons. The number of aromatic nitrogens is 3. The van der Waals surface area contributed by atoms with E-state index in [0.717, 1.165) is 18.9 Å². The first kappa shape index (κ1) is 12.5. The molecule has 0 N–H and O–H groups in total. The van der Waals surface area contributed by atoms with Crippen LogP contribution in [0, 0.1) is 11.6 Å². The van der Waals surface area contributed by atoms with Crippen molar-refractivity contribution in [1.82, 2.24) is 14.8 Å². The summed E-state index contributed by atoms with van der Waals surface area (Å²) in [5.41, 5.74) is 0.414. The van der Waals surface area contributed by atoms with Gasteiger partial charge in [-0.1, -0.05) is 6.07 Å². The van der Waals surface area contributed by atoms with Crippen LogP contribution in [0.25, 0.3) is 0 Å². The van der Waals surface area contributed by atoms with E-state index in [4.69, 9.17) is 11.6 Å². The van der Waals surface area contributed by atoms with Crippen molar-refractivity contribution >= 4 is 11.6 Å². The summed E-state index contributed by atoms with van der Waals surface area (Å²) in [6.45, 7) is 0. The zero-order chi connectivity index (χ0) is 13.4. The van der Waals surface area contributed by atoms with E-state index < -0.39 is 11.6 Å². The van der Waals surface area contributed by atoms with Gasteiger partial charge in [-0.25, -0.2) is 8.78 Å². The van der Waals surface area contributed by atoms with Crippen LogP contribution in [0.3, 0.4) is 0 Å². The van der Waals surface area contributed by atoms with Crippen LogP contribution >= 0.6 is 11.6 Å². The molecule has 0 spiro atoms. The molecule has 1 fully saturated rings. The predicted molar refractivity (Wildman–Crippen MR) is 67.0 cm³/mol. The van der Waals surface area contributed by atoms with Crippen LogP contribution in [0.1, 0.15) is 36.1 Å². The zero-order valence-electron chi connectivity index (χ0n) is 10.1. The minimum atomic E-state index is -0.577. The van der Waals surface area contributed by atoms with Gasteiger partial charge < -0.3 is 4.57 Å². The lowest BCUT2D eigenvalue weighted by molar-refractivity contribution is 0.570. The number of rotatable bonds is 4. The second-order valence-corrected chi connectivity index (χ2v) is 4.95. The molecule has 1 saturated carbocycles. The van der Waals surface area contributed by atoms with Gasteiger partial charge in [-0.15, -0.1) is 21.8 Å². The third-order valence-corrected chi connectivity index (χ3v) is 3.47. The average molecular weight is 284 g/mol. The maximum absolute atomic E-state index is 13.6. The Bertz CT molecular complexity index is 608. The highest BCUT2D eigenvalue weighted by atomic mass is 35.5. The predicted octanol–water partition coefficient (Wildman–Crippen LogP) is 3.22. The normalized spacial score (nSPS) is 14.9.